The first-order valence-corrected chi connectivity index (χ1v) is 12.6. The van der Waals surface area contributed by atoms with E-state index in [9.17, 15) is 19.8 Å². The topological polar surface area (TPSA) is 119 Å². The van der Waals surface area contributed by atoms with Gasteiger partial charge in [0, 0.05) is 28.0 Å². The molecule has 9 atom stereocenters. The summed E-state index contributed by atoms with van der Waals surface area (Å²) in [5.74, 6) is -0.225. The Kier molecular flexibility index (Phi) is 5.01. The first-order chi connectivity index (χ1) is 16.6. The van der Waals surface area contributed by atoms with Crippen LogP contribution in [0.15, 0.2) is 48.1 Å². The highest BCUT2D eigenvalue weighted by molar-refractivity contribution is 6.01. The van der Waals surface area contributed by atoms with Gasteiger partial charge in [0.1, 0.15) is 6.61 Å². The van der Waals surface area contributed by atoms with Gasteiger partial charge in [0.2, 0.25) is 0 Å². The molecule has 35 heavy (non-hydrogen) atoms. The number of aliphatic hydroxyl groups is 2. The largest absolute Gasteiger partial charge is 0.399 e. The monoisotopic (exact) mass is 479 g/mol. The van der Waals surface area contributed by atoms with Crippen molar-refractivity contribution in [3.8, 4) is 0 Å². The third kappa shape index (κ3) is 2.92. The van der Waals surface area contributed by atoms with Crippen molar-refractivity contribution in [2.24, 2.45) is 28.6 Å². The molecule has 4 N–H and O–H groups in total. The fourth-order valence-electron chi connectivity index (χ4n) is 8.49. The third-order valence-corrected chi connectivity index (χ3v) is 10.0. The normalized spacial score (nSPS) is 45.8. The average Bonchev–Trinajstić information content (AvgIpc) is 3.32. The maximum atomic E-state index is 13.5. The maximum Gasteiger partial charge on any atom is 0.193 e. The van der Waals surface area contributed by atoms with E-state index < -0.39 is 41.5 Å². The van der Waals surface area contributed by atoms with Gasteiger partial charge in [-0.05, 0) is 61.8 Å². The van der Waals surface area contributed by atoms with Crippen LogP contribution in [0, 0.1) is 28.6 Å². The van der Waals surface area contributed by atoms with Crippen LogP contribution in [0.4, 0.5) is 5.69 Å². The number of rotatable bonds is 3. The zero-order chi connectivity index (χ0) is 24.8. The molecule has 1 saturated heterocycles. The number of Topliss-reactive ketones (excluding diaryl/α,β-unsaturated/α-hetero) is 1. The van der Waals surface area contributed by atoms with Gasteiger partial charge < -0.3 is 25.4 Å². The minimum atomic E-state index is -1.33. The molecule has 4 aliphatic carbocycles. The molecule has 1 aromatic rings. The molecule has 0 aromatic heterocycles. The summed E-state index contributed by atoms with van der Waals surface area (Å²) < 4.78 is 13.0. The van der Waals surface area contributed by atoms with E-state index in [1.807, 2.05) is 25.1 Å². The summed E-state index contributed by atoms with van der Waals surface area (Å²) in [7, 11) is 0. The fraction of sp³-hybridized carbons (Fsp3) is 0.571. The van der Waals surface area contributed by atoms with Crippen LogP contribution in [0.2, 0.25) is 0 Å². The number of fused-ring (bicyclic) bond motifs is 7. The molecular formula is C28H33NO6. The lowest BCUT2D eigenvalue weighted by Crippen LogP contribution is -2.63. The predicted molar refractivity (Wildman–Crippen MR) is 128 cm³/mol. The number of ether oxygens (including phenoxy) is 2. The van der Waals surface area contributed by atoms with E-state index in [1.54, 1.807) is 24.3 Å². The summed E-state index contributed by atoms with van der Waals surface area (Å²) in [5.41, 5.74) is 5.89. The van der Waals surface area contributed by atoms with E-state index in [-0.39, 0.29) is 29.3 Å². The molecule has 7 heteroatoms. The smallest absolute Gasteiger partial charge is 0.193 e. The Morgan fingerprint density at radius 1 is 1.23 bits per heavy atom. The van der Waals surface area contributed by atoms with Gasteiger partial charge in [-0.15, -0.1) is 0 Å². The van der Waals surface area contributed by atoms with Crippen LogP contribution in [0.25, 0.3) is 0 Å². The summed E-state index contributed by atoms with van der Waals surface area (Å²) >= 11 is 0. The van der Waals surface area contributed by atoms with Crippen molar-refractivity contribution in [3.05, 3.63) is 53.6 Å². The number of hydrogen-bond acceptors (Lipinski definition) is 7. The summed E-state index contributed by atoms with van der Waals surface area (Å²) in [4.78, 5) is 25.5. The Hall–Kier alpha value is -2.32. The molecule has 0 spiro atoms. The van der Waals surface area contributed by atoms with Crippen molar-refractivity contribution in [2.75, 3.05) is 12.3 Å². The number of hydrogen-bond donors (Lipinski definition) is 3. The number of nitrogen functional groups attached to an aromatic ring is 1. The molecule has 5 aliphatic rings. The lowest BCUT2D eigenvalue weighted by Gasteiger charge is -2.59. The van der Waals surface area contributed by atoms with Crippen molar-refractivity contribution in [2.45, 2.75) is 63.6 Å². The Balaban J connectivity index is 1.39. The van der Waals surface area contributed by atoms with Crippen LogP contribution >= 0.6 is 0 Å². The van der Waals surface area contributed by atoms with Gasteiger partial charge in [0.05, 0.1) is 12.2 Å². The quantitative estimate of drug-likeness (QED) is 0.571. The van der Waals surface area contributed by atoms with E-state index in [0.717, 1.165) is 24.0 Å². The second-order valence-electron chi connectivity index (χ2n) is 11.5. The summed E-state index contributed by atoms with van der Waals surface area (Å²) in [5, 5.41) is 21.7. The second-order valence-corrected chi connectivity index (χ2v) is 11.5. The van der Waals surface area contributed by atoms with Crippen LogP contribution in [-0.2, 0) is 19.1 Å². The fourth-order valence-corrected chi connectivity index (χ4v) is 8.49. The van der Waals surface area contributed by atoms with Crippen LogP contribution < -0.4 is 5.73 Å². The Labute approximate surface area is 205 Å². The van der Waals surface area contributed by atoms with Crippen LogP contribution in [-0.4, -0.2) is 46.2 Å². The molecular weight excluding hydrogens is 446 g/mol. The Morgan fingerprint density at radius 3 is 2.69 bits per heavy atom. The molecule has 6 rings (SSSR count). The predicted octanol–water partition coefficient (Wildman–Crippen LogP) is 2.87. The minimum absolute atomic E-state index is 0.00414. The first-order valence-electron chi connectivity index (χ1n) is 12.6. The van der Waals surface area contributed by atoms with Crippen molar-refractivity contribution in [1.29, 1.82) is 0 Å². The van der Waals surface area contributed by atoms with Gasteiger partial charge in [-0.2, -0.15) is 0 Å². The van der Waals surface area contributed by atoms with Crippen molar-refractivity contribution in [3.63, 3.8) is 0 Å². The molecule has 186 valence electrons. The van der Waals surface area contributed by atoms with E-state index in [4.69, 9.17) is 15.2 Å². The van der Waals surface area contributed by atoms with Gasteiger partial charge >= 0.3 is 0 Å². The highest BCUT2D eigenvalue weighted by Gasteiger charge is 2.75. The summed E-state index contributed by atoms with van der Waals surface area (Å²) in [6.45, 7) is 3.52. The first kappa shape index (κ1) is 23.1. The third-order valence-electron chi connectivity index (χ3n) is 10.0. The molecule has 0 amide bonds. The van der Waals surface area contributed by atoms with Crippen molar-refractivity contribution >= 4 is 17.3 Å². The molecule has 0 radical (unpaired) electrons. The Bertz CT molecular complexity index is 1140. The van der Waals surface area contributed by atoms with Gasteiger partial charge in [-0.3, -0.25) is 9.59 Å². The van der Waals surface area contributed by atoms with E-state index >= 15 is 0 Å². The molecule has 1 aliphatic heterocycles. The second kappa shape index (κ2) is 7.59. The molecule has 0 bridgehead atoms. The number of nitrogens with two attached hydrogens (primary N) is 1. The van der Waals surface area contributed by atoms with E-state index in [0.29, 0.717) is 18.5 Å². The molecule has 3 saturated carbocycles. The molecule has 1 heterocycles. The zero-order valence-electron chi connectivity index (χ0n) is 20.1. The lowest BCUT2D eigenvalue weighted by molar-refractivity contribution is -0.201. The van der Waals surface area contributed by atoms with Crippen LogP contribution in [0.5, 0.6) is 0 Å². The summed E-state index contributed by atoms with van der Waals surface area (Å²) in [6.07, 6.45) is 6.00. The number of carbonyl (C=O) groups is 2. The molecule has 7 nitrogen and oxygen atoms in total. The number of ketones is 2. The Morgan fingerprint density at radius 2 is 1.97 bits per heavy atom. The minimum Gasteiger partial charge on any atom is -0.399 e. The number of carbonyl (C=O) groups excluding carboxylic acids is 2. The highest BCUT2D eigenvalue weighted by Crippen LogP contribution is 2.70. The lowest BCUT2D eigenvalue weighted by atomic mass is 9.46. The number of aliphatic hydroxyl groups excluding tert-OH is 2. The average molecular weight is 480 g/mol. The van der Waals surface area contributed by atoms with E-state index in [2.05, 4.69) is 6.92 Å². The molecule has 1 unspecified atom stereocenters. The van der Waals surface area contributed by atoms with Gasteiger partial charge in [0.25, 0.3) is 0 Å². The number of anilines is 1. The van der Waals surface area contributed by atoms with Crippen molar-refractivity contribution in [1.82, 2.24) is 0 Å². The van der Waals surface area contributed by atoms with Crippen molar-refractivity contribution < 1.29 is 29.3 Å². The molecule has 1 aromatic carbocycles. The maximum absolute atomic E-state index is 13.5. The zero-order valence-corrected chi connectivity index (χ0v) is 20.1. The van der Waals surface area contributed by atoms with E-state index in [1.165, 1.54) is 0 Å². The SMILES string of the molecule is C[C@]12C=CC(=O)C=C1CC[C@@H]1C2[C@@H](O)C[C@@]2(C)[C@H]1C[C@H]1O[C@@H](c3ccc(N)cc3)O[C@]12C(=O)CO. The number of benzene rings is 1. The van der Waals surface area contributed by atoms with Gasteiger partial charge in [-0.1, -0.05) is 37.6 Å². The highest BCUT2D eigenvalue weighted by atomic mass is 16.7. The van der Waals surface area contributed by atoms with Gasteiger partial charge in [-0.25, -0.2) is 0 Å². The van der Waals surface area contributed by atoms with Gasteiger partial charge in [0.15, 0.2) is 23.5 Å². The van der Waals surface area contributed by atoms with Crippen LogP contribution in [0.1, 0.15) is 51.4 Å². The summed E-state index contributed by atoms with van der Waals surface area (Å²) in [6, 6.07) is 7.20. The molecule has 4 fully saturated rings. The van der Waals surface area contributed by atoms with Crippen LogP contribution in [0.3, 0.4) is 0 Å². The number of allylic oxidation sites excluding steroid dienone is 4. The standard InChI is InChI=1S/C28H33NO6/c1-26-10-9-18(31)11-16(26)5-8-19-20-12-23-28(22(33)14-30,27(20,2)13-21(32)24(19)26)35-25(34-23)15-3-6-17(29)7-4-15/h3-4,6-7,9-11,19-21,23-25,30,32H,5,8,12-14,29H2,1-2H3/t19-,20-,21-,23+,24?,25+,26-,27-,28+/m0/s1.